The first kappa shape index (κ1) is 18.1. The van der Waals surface area contributed by atoms with Crippen LogP contribution in [0.2, 0.25) is 0 Å². The molecule has 0 saturated heterocycles. The highest BCUT2D eigenvalue weighted by molar-refractivity contribution is 5.46. The summed E-state index contributed by atoms with van der Waals surface area (Å²) >= 11 is 0. The molecule has 0 aliphatic carbocycles. The molecule has 24 heavy (non-hydrogen) atoms. The molecule has 0 fully saturated rings. The number of anilines is 1. The Hall–Kier alpha value is -2.20. The molecular formula is C20H27NO3. The molecular weight excluding hydrogens is 302 g/mol. The minimum Gasteiger partial charge on any atom is -0.491 e. The lowest BCUT2D eigenvalue weighted by molar-refractivity contribution is 0.110. The van der Waals surface area contributed by atoms with Crippen molar-refractivity contribution in [1.82, 2.24) is 0 Å². The first-order chi connectivity index (χ1) is 11.7. The van der Waals surface area contributed by atoms with Crippen molar-refractivity contribution < 1.29 is 14.2 Å². The van der Waals surface area contributed by atoms with Crippen molar-refractivity contribution >= 4 is 5.69 Å². The van der Waals surface area contributed by atoms with E-state index in [-0.39, 0.29) is 0 Å². The molecule has 0 aliphatic heterocycles. The summed E-state index contributed by atoms with van der Waals surface area (Å²) in [4.78, 5) is 0. The molecule has 0 radical (unpaired) electrons. The van der Waals surface area contributed by atoms with E-state index in [1.807, 2.05) is 37.3 Å². The van der Waals surface area contributed by atoms with Crippen molar-refractivity contribution in [2.75, 3.05) is 38.3 Å². The molecule has 2 aromatic carbocycles. The van der Waals surface area contributed by atoms with E-state index in [0.29, 0.717) is 19.8 Å². The molecule has 0 amide bonds. The maximum Gasteiger partial charge on any atom is 0.122 e. The SMILES string of the molecule is CCOCCOc1ccc(NCCOc2ccc(C)cc2C)cc1. The highest BCUT2D eigenvalue weighted by Gasteiger charge is 2.00. The van der Waals surface area contributed by atoms with Crippen molar-refractivity contribution in [2.24, 2.45) is 0 Å². The first-order valence-corrected chi connectivity index (χ1v) is 8.43. The van der Waals surface area contributed by atoms with Crippen LogP contribution < -0.4 is 14.8 Å². The fourth-order valence-corrected chi connectivity index (χ4v) is 2.35. The number of aryl methyl sites for hydroxylation is 2. The second kappa shape index (κ2) is 9.83. The lowest BCUT2D eigenvalue weighted by Crippen LogP contribution is -2.12. The smallest absolute Gasteiger partial charge is 0.122 e. The van der Waals surface area contributed by atoms with Crippen molar-refractivity contribution in [3.8, 4) is 11.5 Å². The Morgan fingerprint density at radius 1 is 0.875 bits per heavy atom. The van der Waals surface area contributed by atoms with E-state index in [2.05, 4.69) is 31.3 Å². The van der Waals surface area contributed by atoms with E-state index in [0.717, 1.165) is 30.3 Å². The number of benzene rings is 2. The van der Waals surface area contributed by atoms with Gasteiger partial charge in [0.2, 0.25) is 0 Å². The number of nitrogens with one attached hydrogen (secondary N) is 1. The summed E-state index contributed by atoms with van der Waals surface area (Å²) in [6.45, 7) is 9.41. The van der Waals surface area contributed by atoms with Gasteiger partial charge in [-0.3, -0.25) is 0 Å². The van der Waals surface area contributed by atoms with Crippen LogP contribution in [0.4, 0.5) is 5.69 Å². The summed E-state index contributed by atoms with van der Waals surface area (Å²) in [6, 6.07) is 14.2. The number of rotatable bonds is 10. The first-order valence-electron chi connectivity index (χ1n) is 8.43. The van der Waals surface area contributed by atoms with Crippen molar-refractivity contribution in [2.45, 2.75) is 20.8 Å². The Morgan fingerprint density at radius 3 is 2.38 bits per heavy atom. The Bertz CT molecular complexity index is 611. The molecule has 0 spiro atoms. The number of ether oxygens (including phenoxy) is 3. The van der Waals surface area contributed by atoms with Gasteiger partial charge >= 0.3 is 0 Å². The maximum absolute atomic E-state index is 5.81. The van der Waals surface area contributed by atoms with Crippen LogP contribution in [-0.4, -0.2) is 33.0 Å². The zero-order valence-corrected chi connectivity index (χ0v) is 14.8. The molecule has 0 aliphatic rings. The summed E-state index contributed by atoms with van der Waals surface area (Å²) in [5, 5.41) is 3.34. The standard InChI is InChI=1S/C20H27NO3/c1-4-22-13-14-23-19-8-6-18(7-9-19)21-11-12-24-20-10-5-16(2)15-17(20)3/h5-10,15,21H,4,11-14H2,1-3H3. The quantitative estimate of drug-likeness (QED) is 0.663. The van der Waals surface area contributed by atoms with Crippen LogP contribution in [0, 0.1) is 13.8 Å². The molecule has 0 unspecified atom stereocenters. The second-order valence-electron chi connectivity index (χ2n) is 5.61. The molecule has 1 N–H and O–H groups in total. The van der Waals surface area contributed by atoms with Crippen LogP contribution in [-0.2, 0) is 4.74 Å². The average molecular weight is 329 g/mol. The minimum atomic E-state index is 0.574. The van der Waals surface area contributed by atoms with E-state index in [1.54, 1.807) is 0 Å². The Balaban J connectivity index is 1.68. The fourth-order valence-electron chi connectivity index (χ4n) is 2.35. The zero-order chi connectivity index (χ0) is 17.2. The normalized spacial score (nSPS) is 10.5. The molecule has 0 atom stereocenters. The van der Waals surface area contributed by atoms with Crippen LogP contribution >= 0.6 is 0 Å². The van der Waals surface area contributed by atoms with Gasteiger partial charge in [-0.05, 0) is 56.7 Å². The molecule has 0 saturated carbocycles. The molecule has 2 rings (SSSR count). The fraction of sp³-hybridized carbons (Fsp3) is 0.400. The molecule has 130 valence electrons. The van der Waals surface area contributed by atoms with Crippen molar-refractivity contribution in [3.05, 3.63) is 53.6 Å². The molecule has 0 bridgehead atoms. The monoisotopic (exact) mass is 329 g/mol. The Kier molecular flexibility index (Phi) is 7.43. The Labute approximate surface area is 144 Å². The van der Waals surface area contributed by atoms with Gasteiger partial charge in [0, 0.05) is 18.8 Å². The number of hydrogen-bond acceptors (Lipinski definition) is 4. The van der Waals surface area contributed by atoms with Crippen molar-refractivity contribution in [3.63, 3.8) is 0 Å². The van der Waals surface area contributed by atoms with Gasteiger partial charge < -0.3 is 19.5 Å². The highest BCUT2D eigenvalue weighted by Crippen LogP contribution is 2.19. The number of hydrogen-bond donors (Lipinski definition) is 1. The Morgan fingerprint density at radius 2 is 1.67 bits per heavy atom. The third kappa shape index (κ3) is 6.13. The highest BCUT2D eigenvalue weighted by atomic mass is 16.5. The molecule has 4 heteroatoms. The van der Waals surface area contributed by atoms with Crippen LogP contribution in [0.15, 0.2) is 42.5 Å². The summed E-state index contributed by atoms with van der Waals surface area (Å²) in [7, 11) is 0. The van der Waals surface area contributed by atoms with E-state index in [4.69, 9.17) is 14.2 Å². The van der Waals surface area contributed by atoms with E-state index in [9.17, 15) is 0 Å². The third-order valence-electron chi connectivity index (χ3n) is 3.57. The van der Waals surface area contributed by atoms with Crippen LogP contribution in [0.1, 0.15) is 18.1 Å². The van der Waals surface area contributed by atoms with Gasteiger partial charge in [0.25, 0.3) is 0 Å². The lowest BCUT2D eigenvalue weighted by atomic mass is 10.1. The molecule has 4 nitrogen and oxygen atoms in total. The third-order valence-corrected chi connectivity index (χ3v) is 3.57. The predicted molar refractivity (Wildman–Crippen MR) is 98.3 cm³/mol. The van der Waals surface area contributed by atoms with Gasteiger partial charge in [-0.25, -0.2) is 0 Å². The van der Waals surface area contributed by atoms with E-state index in [1.165, 1.54) is 11.1 Å². The zero-order valence-electron chi connectivity index (χ0n) is 14.8. The van der Waals surface area contributed by atoms with Gasteiger partial charge in [-0.1, -0.05) is 17.7 Å². The van der Waals surface area contributed by atoms with Crippen LogP contribution in [0.25, 0.3) is 0 Å². The summed E-state index contributed by atoms with van der Waals surface area (Å²) in [5.41, 5.74) is 3.47. The van der Waals surface area contributed by atoms with Gasteiger partial charge in [-0.15, -0.1) is 0 Å². The van der Waals surface area contributed by atoms with Gasteiger partial charge in [0.15, 0.2) is 0 Å². The van der Waals surface area contributed by atoms with Crippen molar-refractivity contribution in [1.29, 1.82) is 0 Å². The van der Waals surface area contributed by atoms with E-state index < -0.39 is 0 Å². The summed E-state index contributed by atoms with van der Waals surface area (Å²) in [6.07, 6.45) is 0. The van der Waals surface area contributed by atoms with Crippen LogP contribution in [0.3, 0.4) is 0 Å². The average Bonchev–Trinajstić information content (AvgIpc) is 2.58. The summed E-state index contributed by atoms with van der Waals surface area (Å²) < 4.78 is 16.6. The lowest BCUT2D eigenvalue weighted by Gasteiger charge is -2.12. The second-order valence-corrected chi connectivity index (χ2v) is 5.61. The predicted octanol–water partition coefficient (Wildman–Crippen LogP) is 4.21. The van der Waals surface area contributed by atoms with Gasteiger partial charge in [0.1, 0.15) is 24.7 Å². The topological polar surface area (TPSA) is 39.7 Å². The van der Waals surface area contributed by atoms with Crippen LogP contribution in [0.5, 0.6) is 11.5 Å². The summed E-state index contributed by atoms with van der Waals surface area (Å²) in [5.74, 6) is 1.80. The molecule has 0 aromatic heterocycles. The van der Waals surface area contributed by atoms with Gasteiger partial charge in [0.05, 0.1) is 6.61 Å². The molecule has 2 aromatic rings. The van der Waals surface area contributed by atoms with Gasteiger partial charge in [-0.2, -0.15) is 0 Å². The minimum absolute atomic E-state index is 0.574. The molecule has 0 heterocycles. The maximum atomic E-state index is 5.81. The van der Waals surface area contributed by atoms with E-state index >= 15 is 0 Å². The largest absolute Gasteiger partial charge is 0.491 e.